The normalized spacial score (nSPS) is 13.8. The van der Waals surface area contributed by atoms with Gasteiger partial charge in [0.2, 0.25) is 5.91 Å². The van der Waals surface area contributed by atoms with E-state index in [2.05, 4.69) is 10.3 Å². The molecule has 0 aliphatic carbocycles. The van der Waals surface area contributed by atoms with Gasteiger partial charge in [-0.3, -0.25) is 9.59 Å². The first-order valence-corrected chi connectivity index (χ1v) is 9.36. The summed E-state index contributed by atoms with van der Waals surface area (Å²) >= 11 is 1.28. The van der Waals surface area contributed by atoms with E-state index in [9.17, 15) is 14.0 Å². The Balaban J connectivity index is 1.53. The van der Waals surface area contributed by atoms with Gasteiger partial charge < -0.3 is 10.2 Å². The van der Waals surface area contributed by atoms with Crippen LogP contribution in [0.15, 0.2) is 54.7 Å². The first kappa shape index (κ1) is 17.4. The van der Waals surface area contributed by atoms with Crippen LogP contribution in [0.2, 0.25) is 0 Å². The lowest BCUT2D eigenvalue weighted by molar-refractivity contribution is -0.117. The van der Waals surface area contributed by atoms with E-state index in [1.165, 1.54) is 40.6 Å². The third-order valence-corrected chi connectivity index (χ3v) is 5.36. The molecule has 1 aliphatic heterocycles. The van der Waals surface area contributed by atoms with Crippen molar-refractivity contribution in [1.29, 1.82) is 0 Å². The predicted octanol–water partition coefficient (Wildman–Crippen LogP) is 4.33. The number of rotatable bonds is 4. The minimum Gasteiger partial charge on any atom is -0.321 e. The van der Waals surface area contributed by atoms with Gasteiger partial charge in [0.1, 0.15) is 15.7 Å². The zero-order valence-electron chi connectivity index (χ0n) is 14.3. The number of nitrogens with zero attached hydrogens (tertiary/aromatic N) is 2. The molecule has 1 fully saturated rings. The van der Waals surface area contributed by atoms with E-state index >= 15 is 0 Å². The quantitative estimate of drug-likeness (QED) is 0.732. The molecule has 1 N–H and O–H groups in total. The molecule has 1 saturated heterocycles. The fraction of sp³-hybridized carbons (Fsp3) is 0.150. The second-order valence-electron chi connectivity index (χ2n) is 6.16. The smallest absolute Gasteiger partial charge is 0.267 e. The SMILES string of the molecule is O=C(Nc1ccc(F)c(N2CCCC2=O)c1)c1cnc(-c2ccccc2)s1. The van der Waals surface area contributed by atoms with Crippen molar-refractivity contribution in [3.05, 3.63) is 65.4 Å². The van der Waals surface area contributed by atoms with Crippen LogP contribution < -0.4 is 10.2 Å². The highest BCUT2D eigenvalue weighted by atomic mass is 32.1. The molecule has 3 aromatic rings. The van der Waals surface area contributed by atoms with Gasteiger partial charge in [-0.2, -0.15) is 0 Å². The van der Waals surface area contributed by atoms with Crippen LogP contribution in [0.1, 0.15) is 22.5 Å². The summed E-state index contributed by atoms with van der Waals surface area (Å²) in [5.41, 5.74) is 1.58. The van der Waals surface area contributed by atoms with Gasteiger partial charge in [-0.25, -0.2) is 9.37 Å². The Morgan fingerprint density at radius 1 is 1.19 bits per heavy atom. The third kappa shape index (κ3) is 3.59. The van der Waals surface area contributed by atoms with Crippen molar-refractivity contribution in [3.8, 4) is 10.6 Å². The standard InChI is InChI=1S/C20H16FN3O2S/c21-15-9-8-14(11-16(15)24-10-4-7-18(24)25)23-19(26)17-12-22-20(27-17)13-5-2-1-3-6-13/h1-3,5-6,8-9,11-12H,4,7,10H2,(H,23,26). The van der Waals surface area contributed by atoms with Gasteiger partial charge in [0.05, 0.1) is 11.9 Å². The van der Waals surface area contributed by atoms with E-state index in [-0.39, 0.29) is 17.5 Å². The minimum atomic E-state index is -0.479. The molecule has 27 heavy (non-hydrogen) atoms. The molecule has 0 radical (unpaired) electrons. The molecule has 0 saturated carbocycles. The number of nitrogens with one attached hydrogen (secondary N) is 1. The summed E-state index contributed by atoms with van der Waals surface area (Å²) in [4.78, 5) is 30.6. The molecule has 2 amide bonds. The Morgan fingerprint density at radius 3 is 2.74 bits per heavy atom. The van der Waals surface area contributed by atoms with Crippen molar-refractivity contribution in [2.45, 2.75) is 12.8 Å². The molecule has 2 aromatic carbocycles. The van der Waals surface area contributed by atoms with Crippen LogP contribution in [0.4, 0.5) is 15.8 Å². The predicted molar refractivity (Wildman–Crippen MR) is 103 cm³/mol. The summed E-state index contributed by atoms with van der Waals surface area (Å²) in [5.74, 6) is -0.903. The van der Waals surface area contributed by atoms with Crippen molar-refractivity contribution in [1.82, 2.24) is 4.98 Å². The highest BCUT2D eigenvalue weighted by Crippen LogP contribution is 2.29. The van der Waals surface area contributed by atoms with Gasteiger partial charge in [0.15, 0.2) is 0 Å². The minimum absolute atomic E-state index is 0.104. The number of carbonyl (C=O) groups excluding carboxylic acids is 2. The number of hydrogen-bond donors (Lipinski definition) is 1. The summed E-state index contributed by atoms with van der Waals surface area (Å²) in [6.07, 6.45) is 2.65. The van der Waals surface area contributed by atoms with Gasteiger partial charge in [-0.15, -0.1) is 11.3 Å². The van der Waals surface area contributed by atoms with Crippen LogP contribution in [0, 0.1) is 5.82 Å². The molecule has 0 atom stereocenters. The monoisotopic (exact) mass is 381 g/mol. The second kappa shape index (κ2) is 7.28. The molecule has 1 aliphatic rings. The summed E-state index contributed by atoms with van der Waals surface area (Å²) in [6, 6.07) is 13.8. The van der Waals surface area contributed by atoms with E-state index in [4.69, 9.17) is 0 Å². The molecule has 7 heteroatoms. The Kier molecular flexibility index (Phi) is 4.68. The van der Waals surface area contributed by atoms with E-state index in [1.54, 1.807) is 0 Å². The van der Waals surface area contributed by atoms with E-state index in [0.717, 1.165) is 10.6 Å². The van der Waals surface area contributed by atoms with Crippen LogP contribution in [0.25, 0.3) is 10.6 Å². The van der Waals surface area contributed by atoms with Gasteiger partial charge in [0, 0.05) is 24.2 Å². The van der Waals surface area contributed by atoms with Crippen molar-refractivity contribution in [2.24, 2.45) is 0 Å². The fourth-order valence-electron chi connectivity index (χ4n) is 2.99. The van der Waals surface area contributed by atoms with Crippen LogP contribution in [0.3, 0.4) is 0 Å². The number of halogens is 1. The highest BCUT2D eigenvalue weighted by Gasteiger charge is 2.24. The van der Waals surface area contributed by atoms with Crippen LogP contribution >= 0.6 is 11.3 Å². The van der Waals surface area contributed by atoms with Crippen LogP contribution in [-0.2, 0) is 4.79 Å². The van der Waals surface area contributed by atoms with Gasteiger partial charge in [-0.05, 0) is 24.6 Å². The number of anilines is 2. The lowest BCUT2D eigenvalue weighted by Crippen LogP contribution is -2.25. The first-order chi connectivity index (χ1) is 13.1. The van der Waals surface area contributed by atoms with Crippen LogP contribution in [-0.4, -0.2) is 23.3 Å². The van der Waals surface area contributed by atoms with Gasteiger partial charge in [0.25, 0.3) is 5.91 Å². The lowest BCUT2D eigenvalue weighted by atomic mass is 10.2. The number of thiazole rings is 1. The first-order valence-electron chi connectivity index (χ1n) is 8.54. The maximum Gasteiger partial charge on any atom is 0.267 e. The fourth-order valence-corrected chi connectivity index (χ4v) is 3.80. The molecular formula is C20H16FN3O2S. The second-order valence-corrected chi connectivity index (χ2v) is 7.20. The number of carbonyl (C=O) groups is 2. The largest absolute Gasteiger partial charge is 0.321 e. The molecule has 1 aromatic heterocycles. The van der Waals surface area contributed by atoms with Crippen molar-refractivity contribution in [2.75, 3.05) is 16.8 Å². The number of hydrogen-bond acceptors (Lipinski definition) is 4. The molecule has 5 nitrogen and oxygen atoms in total. The van der Waals surface area contributed by atoms with Gasteiger partial charge >= 0.3 is 0 Å². The Labute approximate surface area is 159 Å². The molecule has 0 unspecified atom stereocenters. The van der Waals surface area contributed by atoms with Crippen molar-refractivity contribution in [3.63, 3.8) is 0 Å². The maximum atomic E-state index is 14.1. The summed E-state index contributed by atoms with van der Waals surface area (Å²) in [6.45, 7) is 0.489. The topological polar surface area (TPSA) is 62.3 Å². The van der Waals surface area contributed by atoms with E-state index < -0.39 is 5.82 Å². The molecule has 4 rings (SSSR count). The Morgan fingerprint density at radius 2 is 2.00 bits per heavy atom. The van der Waals surface area contributed by atoms with E-state index in [1.807, 2.05) is 30.3 Å². The molecule has 2 heterocycles. The molecular weight excluding hydrogens is 365 g/mol. The molecule has 0 bridgehead atoms. The lowest BCUT2D eigenvalue weighted by Gasteiger charge is -2.17. The summed E-state index contributed by atoms with van der Waals surface area (Å²) < 4.78 is 14.1. The highest BCUT2D eigenvalue weighted by molar-refractivity contribution is 7.17. The number of benzene rings is 2. The van der Waals surface area contributed by atoms with E-state index in [0.29, 0.717) is 30.0 Å². The third-order valence-electron chi connectivity index (χ3n) is 4.32. The zero-order valence-corrected chi connectivity index (χ0v) is 15.1. The average molecular weight is 381 g/mol. The molecule has 136 valence electrons. The Hall–Kier alpha value is -3.06. The zero-order chi connectivity index (χ0) is 18.8. The van der Waals surface area contributed by atoms with Crippen molar-refractivity contribution >= 4 is 34.5 Å². The summed E-state index contributed by atoms with van der Waals surface area (Å²) in [5, 5.41) is 3.51. The number of amides is 2. The van der Waals surface area contributed by atoms with Gasteiger partial charge in [-0.1, -0.05) is 30.3 Å². The summed E-state index contributed by atoms with van der Waals surface area (Å²) in [7, 11) is 0. The number of aromatic nitrogens is 1. The molecule has 0 spiro atoms. The maximum absolute atomic E-state index is 14.1. The van der Waals surface area contributed by atoms with Crippen LogP contribution in [0.5, 0.6) is 0 Å². The average Bonchev–Trinajstić information content (AvgIpc) is 3.33. The van der Waals surface area contributed by atoms with Crippen molar-refractivity contribution < 1.29 is 14.0 Å². The Bertz CT molecular complexity index is 1000.